The number of benzene rings is 1. The van der Waals surface area contributed by atoms with Gasteiger partial charge in [0.2, 0.25) is 10.0 Å². The minimum absolute atomic E-state index is 0.251. The molecule has 0 amide bonds. The second-order valence-corrected chi connectivity index (χ2v) is 5.96. The van der Waals surface area contributed by atoms with Crippen LogP contribution in [0.4, 0.5) is 8.78 Å². The van der Waals surface area contributed by atoms with Gasteiger partial charge in [-0.25, -0.2) is 21.9 Å². The molecule has 0 unspecified atom stereocenters. The number of hydrogen-bond donors (Lipinski definition) is 3. The molecule has 8 heteroatoms. The van der Waals surface area contributed by atoms with E-state index >= 15 is 0 Å². The Bertz CT molecular complexity index is 558. The van der Waals surface area contributed by atoms with E-state index in [1.165, 1.54) is 0 Å². The SMILES string of the molecule is O=S(=O)(NCC1(O)CNC1)c1cc(F)ccc1F. The maximum Gasteiger partial charge on any atom is 0.243 e. The van der Waals surface area contributed by atoms with Gasteiger partial charge in [-0.15, -0.1) is 0 Å². The molecule has 1 saturated heterocycles. The van der Waals surface area contributed by atoms with Crippen LogP contribution in [-0.2, 0) is 10.0 Å². The van der Waals surface area contributed by atoms with Gasteiger partial charge in [0.1, 0.15) is 22.1 Å². The molecular formula is C10H12F2N2O3S. The summed E-state index contributed by atoms with van der Waals surface area (Å²) < 4.78 is 51.8. The Morgan fingerprint density at radius 3 is 2.61 bits per heavy atom. The number of nitrogens with one attached hydrogen (secondary N) is 2. The standard InChI is InChI=1S/C10H12F2N2O3S/c11-7-1-2-8(12)9(3-7)18(16,17)14-6-10(15)4-13-5-10/h1-3,13-15H,4-6H2. The third-order valence-electron chi connectivity index (χ3n) is 2.68. The molecule has 1 aliphatic rings. The summed E-state index contributed by atoms with van der Waals surface area (Å²) in [4.78, 5) is -0.765. The van der Waals surface area contributed by atoms with Crippen LogP contribution in [0.2, 0.25) is 0 Å². The van der Waals surface area contributed by atoms with Gasteiger partial charge >= 0.3 is 0 Å². The Labute approximate surface area is 103 Å². The van der Waals surface area contributed by atoms with Crippen molar-refractivity contribution in [1.82, 2.24) is 10.0 Å². The molecule has 1 aromatic rings. The molecule has 0 radical (unpaired) electrons. The Balaban J connectivity index is 2.17. The summed E-state index contributed by atoms with van der Waals surface area (Å²) in [6.45, 7) is 0.251. The zero-order valence-corrected chi connectivity index (χ0v) is 10.1. The molecular weight excluding hydrogens is 266 g/mol. The summed E-state index contributed by atoms with van der Waals surface area (Å²) in [6.07, 6.45) is 0. The summed E-state index contributed by atoms with van der Waals surface area (Å²) in [6, 6.07) is 2.17. The Morgan fingerprint density at radius 1 is 1.39 bits per heavy atom. The van der Waals surface area contributed by atoms with Crippen molar-refractivity contribution < 1.29 is 22.3 Å². The van der Waals surface area contributed by atoms with Crippen LogP contribution < -0.4 is 10.0 Å². The zero-order chi connectivity index (χ0) is 13.4. The number of aliphatic hydroxyl groups is 1. The van der Waals surface area contributed by atoms with Crippen LogP contribution in [0.15, 0.2) is 23.1 Å². The molecule has 0 aliphatic carbocycles. The highest BCUT2D eigenvalue weighted by Crippen LogP contribution is 2.17. The van der Waals surface area contributed by atoms with Gasteiger partial charge in [-0.2, -0.15) is 0 Å². The summed E-state index contributed by atoms with van der Waals surface area (Å²) in [5, 5.41) is 12.5. The first-order valence-electron chi connectivity index (χ1n) is 5.20. The quantitative estimate of drug-likeness (QED) is 0.699. The maximum absolute atomic E-state index is 13.3. The molecule has 1 fully saturated rings. The number of sulfonamides is 1. The maximum atomic E-state index is 13.3. The fraction of sp³-hybridized carbons (Fsp3) is 0.400. The Kier molecular flexibility index (Phi) is 3.37. The second-order valence-electron chi connectivity index (χ2n) is 4.23. The first kappa shape index (κ1) is 13.3. The molecule has 1 aromatic carbocycles. The molecule has 100 valence electrons. The molecule has 3 N–H and O–H groups in total. The Hall–Kier alpha value is -1.09. The highest BCUT2D eigenvalue weighted by molar-refractivity contribution is 7.89. The van der Waals surface area contributed by atoms with Crippen LogP contribution in [0, 0.1) is 11.6 Å². The van der Waals surface area contributed by atoms with E-state index in [0.717, 1.165) is 12.1 Å². The molecule has 18 heavy (non-hydrogen) atoms. The predicted molar refractivity (Wildman–Crippen MR) is 59.4 cm³/mol. The lowest BCUT2D eigenvalue weighted by Crippen LogP contribution is -2.64. The highest BCUT2D eigenvalue weighted by atomic mass is 32.2. The monoisotopic (exact) mass is 278 g/mol. The van der Waals surface area contributed by atoms with Crippen LogP contribution in [-0.4, -0.2) is 38.8 Å². The van der Waals surface area contributed by atoms with E-state index in [-0.39, 0.29) is 19.6 Å². The minimum Gasteiger partial charge on any atom is -0.386 e. The number of halogens is 2. The number of β-amino-alcohol motifs (C(OH)–C–C–N with tert-alkyl or cyclic N) is 1. The Morgan fingerprint density at radius 2 is 2.06 bits per heavy atom. The van der Waals surface area contributed by atoms with Gasteiger partial charge < -0.3 is 10.4 Å². The predicted octanol–water partition coefficient (Wildman–Crippen LogP) is -0.423. The number of hydrogen-bond acceptors (Lipinski definition) is 4. The fourth-order valence-corrected chi connectivity index (χ4v) is 2.74. The third kappa shape index (κ3) is 2.66. The lowest BCUT2D eigenvalue weighted by atomic mass is 9.98. The van der Waals surface area contributed by atoms with E-state index in [2.05, 4.69) is 10.0 Å². The molecule has 1 aliphatic heterocycles. The van der Waals surface area contributed by atoms with Crippen molar-refractivity contribution >= 4 is 10.0 Å². The first-order valence-corrected chi connectivity index (χ1v) is 6.69. The topological polar surface area (TPSA) is 78.4 Å². The van der Waals surface area contributed by atoms with E-state index in [4.69, 9.17) is 0 Å². The molecule has 0 aromatic heterocycles. The van der Waals surface area contributed by atoms with E-state index in [9.17, 15) is 22.3 Å². The van der Waals surface area contributed by atoms with Crippen LogP contribution in [0.25, 0.3) is 0 Å². The summed E-state index contributed by atoms with van der Waals surface area (Å²) in [5.74, 6) is -1.89. The zero-order valence-electron chi connectivity index (χ0n) is 9.28. The average molecular weight is 278 g/mol. The summed E-state index contributed by atoms with van der Waals surface area (Å²) in [7, 11) is -4.18. The second kappa shape index (κ2) is 4.54. The van der Waals surface area contributed by atoms with Crippen molar-refractivity contribution in [1.29, 1.82) is 0 Å². The minimum atomic E-state index is -4.18. The number of rotatable bonds is 4. The van der Waals surface area contributed by atoms with Gasteiger partial charge in [0, 0.05) is 19.6 Å². The first-order chi connectivity index (χ1) is 8.32. The van der Waals surface area contributed by atoms with Crippen LogP contribution in [0.1, 0.15) is 0 Å². The van der Waals surface area contributed by atoms with E-state index < -0.39 is 32.2 Å². The largest absolute Gasteiger partial charge is 0.386 e. The van der Waals surface area contributed by atoms with Gasteiger partial charge in [0.15, 0.2) is 0 Å². The van der Waals surface area contributed by atoms with Crippen molar-refractivity contribution in [2.75, 3.05) is 19.6 Å². The molecule has 5 nitrogen and oxygen atoms in total. The third-order valence-corrected chi connectivity index (χ3v) is 4.10. The van der Waals surface area contributed by atoms with Gasteiger partial charge in [0.25, 0.3) is 0 Å². The lowest BCUT2D eigenvalue weighted by Gasteiger charge is -2.37. The van der Waals surface area contributed by atoms with Crippen LogP contribution >= 0.6 is 0 Å². The van der Waals surface area contributed by atoms with E-state index in [0.29, 0.717) is 6.07 Å². The highest BCUT2D eigenvalue weighted by Gasteiger charge is 2.35. The van der Waals surface area contributed by atoms with Crippen LogP contribution in [0.3, 0.4) is 0 Å². The average Bonchev–Trinajstić information content (AvgIpc) is 2.27. The van der Waals surface area contributed by atoms with Crippen molar-refractivity contribution in [2.24, 2.45) is 0 Å². The van der Waals surface area contributed by atoms with Gasteiger partial charge in [-0.3, -0.25) is 0 Å². The summed E-state index contributed by atoms with van der Waals surface area (Å²) >= 11 is 0. The van der Waals surface area contributed by atoms with E-state index in [1.807, 2.05) is 0 Å². The molecule has 0 saturated carbocycles. The summed E-state index contributed by atoms with van der Waals surface area (Å²) in [5.41, 5.74) is -1.17. The molecule has 0 atom stereocenters. The molecule has 0 bridgehead atoms. The smallest absolute Gasteiger partial charge is 0.243 e. The van der Waals surface area contributed by atoms with Crippen molar-refractivity contribution in [2.45, 2.75) is 10.5 Å². The van der Waals surface area contributed by atoms with Crippen molar-refractivity contribution in [3.8, 4) is 0 Å². The molecule has 0 spiro atoms. The van der Waals surface area contributed by atoms with Crippen molar-refractivity contribution in [3.63, 3.8) is 0 Å². The lowest BCUT2D eigenvalue weighted by molar-refractivity contribution is -0.00398. The fourth-order valence-electron chi connectivity index (χ4n) is 1.53. The molecule has 1 heterocycles. The van der Waals surface area contributed by atoms with Gasteiger partial charge in [-0.05, 0) is 18.2 Å². The van der Waals surface area contributed by atoms with Gasteiger partial charge in [-0.1, -0.05) is 0 Å². The normalized spacial score (nSPS) is 18.4. The van der Waals surface area contributed by atoms with Crippen molar-refractivity contribution in [3.05, 3.63) is 29.8 Å². The molecule has 2 rings (SSSR count). The van der Waals surface area contributed by atoms with E-state index in [1.54, 1.807) is 0 Å². The van der Waals surface area contributed by atoms with Crippen LogP contribution in [0.5, 0.6) is 0 Å². The van der Waals surface area contributed by atoms with Gasteiger partial charge in [0.05, 0.1) is 0 Å².